The van der Waals surface area contributed by atoms with Crippen LogP contribution >= 0.6 is 0 Å². The smallest absolute Gasteiger partial charge is 0.225 e. The number of hydrogen-bond acceptors (Lipinski definition) is 3. The number of benzene rings is 1. The van der Waals surface area contributed by atoms with Gasteiger partial charge in [-0.3, -0.25) is 9.89 Å². The summed E-state index contributed by atoms with van der Waals surface area (Å²) >= 11 is 0. The van der Waals surface area contributed by atoms with E-state index in [0.717, 1.165) is 34.0 Å². The van der Waals surface area contributed by atoms with Gasteiger partial charge in [-0.2, -0.15) is 5.10 Å². The summed E-state index contributed by atoms with van der Waals surface area (Å²) in [6, 6.07) is 8.09. The average molecular weight is 337 g/mol. The van der Waals surface area contributed by atoms with Gasteiger partial charge in [0.1, 0.15) is 5.82 Å². The van der Waals surface area contributed by atoms with E-state index in [1.54, 1.807) is 6.20 Å². The molecule has 0 aliphatic heterocycles. The molecule has 6 heteroatoms. The first-order valence-corrected chi connectivity index (χ1v) is 8.36. The molecule has 0 fully saturated rings. The number of rotatable bonds is 5. The van der Waals surface area contributed by atoms with Crippen molar-refractivity contribution < 1.29 is 4.79 Å². The first kappa shape index (κ1) is 17.0. The van der Waals surface area contributed by atoms with Gasteiger partial charge in [0, 0.05) is 29.3 Å². The van der Waals surface area contributed by atoms with Crippen LogP contribution in [-0.2, 0) is 11.2 Å². The SMILES string of the molecule is Cc1n[nH]c(C)c1CC(=O)NC(C)c1ccc(-n2ccnc2C)cc1. The third-order valence-corrected chi connectivity index (χ3v) is 4.49. The van der Waals surface area contributed by atoms with Crippen molar-refractivity contribution in [2.45, 2.75) is 40.2 Å². The maximum absolute atomic E-state index is 12.3. The van der Waals surface area contributed by atoms with Crippen molar-refractivity contribution in [1.29, 1.82) is 0 Å². The van der Waals surface area contributed by atoms with Crippen LogP contribution in [0.25, 0.3) is 5.69 Å². The number of carbonyl (C=O) groups is 1. The van der Waals surface area contributed by atoms with Crippen LogP contribution < -0.4 is 5.32 Å². The molecular weight excluding hydrogens is 314 g/mol. The maximum Gasteiger partial charge on any atom is 0.225 e. The highest BCUT2D eigenvalue weighted by atomic mass is 16.1. The van der Waals surface area contributed by atoms with Crippen LogP contribution in [0.15, 0.2) is 36.7 Å². The summed E-state index contributed by atoms with van der Waals surface area (Å²) in [5.74, 6) is 0.939. The maximum atomic E-state index is 12.3. The van der Waals surface area contributed by atoms with Crippen molar-refractivity contribution in [3.63, 3.8) is 0 Å². The quantitative estimate of drug-likeness (QED) is 0.751. The second kappa shape index (κ2) is 6.93. The Hall–Kier alpha value is -2.89. The lowest BCUT2D eigenvalue weighted by Crippen LogP contribution is -2.28. The molecular formula is C19H23N5O. The van der Waals surface area contributed by atoms with Gasteiger partial charge in [-0.05, 0) is 45.4 Å². The summed E-state index contributed by atoms with van der Waals surface area (Å²) in [6.45, 7) is 7.80. The standard InChI is InChI=1S/C19H23N5O/c1-12(21-19(25)11-18-13(2)22-23-14(18)3)16-5-7-17(8-6-16)24-10-9-20-15(24)4/h5-10,12H,11H2,1-4H3,(H,21,25)(H,22,23). The Labute approximate surface area is 147 Å². The third kappa shape index (κ3) is 3.63. The topological polar surface area (TPSA) is 75.6 Å². The van der Waals surface area contributed by atoms with Gasteiger partial charge >= 0.3 is 0 Å². The van der Waals surface area contributed by atoms with E-state index >= 15 is 0 Å². The number of nitrogens with one attached hydrogen (secondary N) is 2. The van der Waals surface area contributed by atoms with Crippen LogP contribution in [0.2, 0.25) is 0 Å². The fraction of sp³-hybridized carbons (Fsp3) is 0.316. The first-order chi connectivity index (χ1) is 12.0. The Kier molecular flexibility index (Phi) is 4.70. The van der Waals surface area contributed by atoms with Crippen LogP contribution in [0.5, 0.6) is 0 Å². The van der Waals surface area contributed by atoms with E-state index in [9.17, 15) is 4.79 Å². The molecule has 0 aliphatic carbocycles. The minimum atomic E-state index is -0.0575. The molecule has 6 nitrogen and oxygen atoms in total. The van der Waals surface area contributed by atoms with Crippen LogP contribution in [0.1, 0.15) is 41.3 Å². The molecule has 0 spiro atoms. The van der Waals surface area contributed by atoms with Crippen LogP contribution in [0.3, 0.4) is 0 Å². The van der Waals surface area contributed by atoms with Gasteiger partial charge in [-0.1, -0.05) is 12.1 Å². The number of nitrogens with zero attached hydrogens (tertiary/aromatic N) is 3. The normalized spacial score (nSPS) is 12.2. The van der Waals surface area contributed by atoms with E-state index in [2.05, 4.69) is 20.5 Å². The van der Waals surface area contributed by atoms with E-state index in [4.69, 9.17) is 0 Å². The molecule has 0 bridgehead atoms. The third-order valence-electron chi connectivity index (χ3n) is 4.49. The zero-order valence-electron chi connectivity index (χ0n) is 15.0. The number of imidazole rings is 1. The zero-order valence-corrected chi connectivity index (χ0v) is 15.0. The van der Waals surface area contributed by atoms with Gasteiger partial charge in [0.2, 0.25) is 5.91 Å². The summed E-state index contributed by atoms with van der Waals surface area (Å²) < 4.78 is 2.03. The molecule has 1 unspecified atom stereocenters. The monoisotopic (exact) mass is 337 g/mol. The number of amides is 1. The molecule has 2 heterocycles. The van der Waals surface area contributed by atoms with Crippen LogP contribution in [-0.4, -0.2) is 25.7 Å². The molecule has 2 N–H and O–H groups in total. The Bertz CT molecular complexity index is 856. The largest absolute Gasteiger partial charge is 0.349 e. The number of aryl methyl sites for hydroxylation is 3. The minimum Gasteiger partial charge on any atom is -0.349 e. The van der Waals surface area contributed by atoms with Gasteiger partial charge in [0.05, 0.1) is 18.2 Å². The number of aromatic amines is 1. The number of carbonyl (C=O) groups excluding carboxylic acids is 1. The fourth-order valence-electron chi connectivity index (χ4n) is 2.95. The molecule has 25 heavy (non-hydrogen) atoms. The highest BCUT2D eigenvalue weighted by Gasteiger charge is 2.14. The van der Waals surface area contributed by atoms with Gasteiger partial charge in [0.15, 0.2) is 0 Å². The number of aromatic nitrogens is 4. The highest BCUT2D eigenvalue weighted by molar-refractivity contribution is 5.79. The summed E-state index contributed by atoms with van der Waals surface area (Å²) in [4.78, 5) is 16.6. The lowest BCUT2D eigenvalue weighted by atomic mass is 10.1. The van der Waals surface area contributed by atoms with E-state index < -0.39 is 0 Å². The van der Waals surface area contributed by atoms with Crippen molar-refractivity contribution in [2.24, 2.45) is 0 Å². The van der Waals surface area contributed by atoms with Crippen molar-refractivity contribution in [1.82, 2.24) is 25.1 Å². The second-order valence-corrected chi connectivity index (χ2v) is 6.31. The molecule has 1 atom stereocenters. The molecule has 0 saturated heterocycles. The van der Waals surface area contributed by atoms with Gasteiger partial charge in [-0.15, -0.1) is 0 Å². The molecule has 130 valence electrons. The predicted octanol–water partition coefficient (Wildman–Crippen LogP) is 2.94. The van der Waals surface area contributed by atoms with Crippen molar-refractivity contribution >= 4 is 5.91 Å². The lowest BCUT2D eigenvalue weighted by Gasteiger charge is -2.15. The Morgan fingerprint density at radius 2 is 1.96 bits per heavy atom. The predicted molar refractivity (Wildman–Crippen MR) is 96.6 cm³/mol. The average Bonchev–Trinajstić information content (AvgIpc) is 3.15. The van der Waals surface area contributed by atoms with Gasteiger partial charge in [0.25, 0.3) is 0 Å². The van der Waals surface area contributed by atoms with Crippen molar-refractivity contribution in [3.8, 4) is 5.69 Å². The summed E-state index contributed by atoms with van der Waals surface area (Å²) in [6.07, 6.45) is 4.06. The van der Waals surface area contributed by atoms with Crippen molar-refractivity contribution in [2.75, 3.05) is 0 Å². The second-order valence-electron chi connectivity index (χ2n) is 6.31. The Balaban J connectivity index is 1.66. The molecule has 3 rings (SSSR count). The van der Waals surface area contributed by atoms with E-state index in [0.29, 0.717) is 6.42 Å². The molecule has 0 aliphatic rings. The van der Waals surface area contributed by atoms with Crippen LogP contribution in [0, 0.1) is 20.8 Å². The van der Waals surface area contributed by atoms with E-state index in [1.807, 2.05) is 62.7 Å². The summed E-state index contributed by atoms with van der Waals surface area (Å²) in [5, 5.41) is 10.1. The molecule has 0 radical (unpaired) electrons. The van der Waals surface area contributed by atoms with Crippen molar-refractivity contribution in [3.05, 3.63) is 65.0 Å². The number of hydrogen-bond donors (Lipinski definition) is 2. The fourth-order valence-corrected chi connectivity index (χ4v) is 2.95. The Morgan fingerprint density at radius 1 is 1.24 bits per heavy atom. The zero-order chi connectivity index (χ0) is 18.0. The van der Waals surface area contributed by atoms with Crippen LogP contribution in [0.4, 0.5) is 0 Å². The van der Waals surface area contributed by atoms with Gasteiger partial charge < -0.3 is 9.88 Å². The van der Waals surface area contributed by atoms with E-state index in [1.165, 1.54) is 0 Å². The molecule has 0 saturated carbocycles. The molecule has 3 aromatic rings. The summed E-state index contributed by atoms with van der Waals surface area (Å²) in [5.41, 5.74) is 4.91. The molecule has 1 amide bonds. The molecule has 1 aromatic carbocycles. The first-order valence-electron chi connectivity index (χ1n) is 8.36. The summed E-state index contributed by atoms with van der Waals surface area (Å²) in [7, 11) is 0. The minimum absolute atomic E-state index is 0.00497. The van der Waals surface area contributed by atoms with Gasteiger partial charge in [-0.25, -0.2) is 4.98 Å². The lowest BCUT2D eigenvalue weighted by molar-refractivity contribution is -0.121. The van der Waals surface area contributed by atoms with E-state index in [-0.39, 0.29) is 11.9 Å². The number of H-pyrrole nitrogens is 1. The molecule has 2 aromatic heterocycles. The highest BCUT2D eigenvalue weighted by Crippen LogP contribution is 2.17. The Morgan fingerprint density at radius 3 is 2.52 bits per heavy atom.